The summed E-state index contributed by atoms with van der Waals surface area (Å²) in [6, 6.07) is 28.2. The fourth-order valence-electron chi connectivity index (χ4n) is 3.44. The Balaban J connectivity index is 2.12. The van der Waals surface area contributed by atoms with E-state index >= 15 is 0 Å². The van der Waals surface area contributed by atoms with Crippen LogP contribution in [0.3, 0.4) is 0 Å². The molecule has 1 nitrogen and oxygen atoms in total. The molecule has 4 aromatic rings. The first-order valence-corrected chi connectivity index (χ1v) is 8.07. The fraction of sp³-hybridized carbons (Fsp3) is 0.0909. The van der Waals surface area contributed by atoms with Gasteiger partial charge in [0, 0.05) is 0 Å². The smallest absolute Gasteiger partial charge is 0.00365 e. The number of rotatable bonds is 3. The van der Waals surface area contributed by atoms with E-state index in [9.17, 15) is 0 Å². The van der Waals surface area contributed by atoms with Gasteiger partial charge < -0.3 is 5.73 Å². The van der Waals surface area contributed by atoms with Crippen molar-refractivity contribution in [2.24, 2.45) is 5.73 Å². The second-order valence-corrected chi connectivity index (χ2v) is 5.89. The van der Waals surface area contributed by atoms with Crippen molar-refractivity contribution in [3.63, 3.8) is 0 Å². The Morgan fingerprint density at radius 2 is 1.26 bits per heavy atom. The summed E-state index contributed by atoms with van der Waals surface area (Å²) in [4.78, 5) is 0. The summed E-state index contributed by atoms with van der Waals surface area (Å²) in [5, 5.41) is 5.15. The van der Waals surface area contributed by atoms with Crippen molar-refractivity contribution < 1.29 is 0 Å². The molecular weight excluding hydrogens is 278 g/mol. The van der Waals surface area contributed by atoms with Gasteiger partial charge in [0.15, 0.2) is 0 Å². The van der Waals surface area contributed by atoms with Crippen molar-refractivity contribution in [2.75, 3.05) is 6.54 Å². The van der Waals surface area contributed by atoms with Crippen LogP contribution in [0.1, 0.15) is 5.56 Å². The first-order valence-electron chi connectivity index (χ1n) is 8.07. The van der Waals surface area contributed by atoms with Gasteiger partial charge in [-0.1, -0.05) is 78.9 Å². The SMILES string of the molecule is NCCc1ccc2ccccc2c1-c1cccc2ccccc12. The van der Waals surface area contributed by atoms with E-state index in [4.69, 9.17) is 5.73 Å². The molecule has 0 saturated carbocycles. The molecule has 0 fully saturated rings. The van der Waals surface area contributed by atoms with Gasteiger partial charge >= 0.3 is 0 Å². The average Bonchev–Trinajstić information content (AvgIpc) is 2.61. The number of hydrogen-bond donors (Lipinski definition) is 1. The van der Waals surface area contributed by atoms with E-state index in [2.05, 4.69) is 78.9 Å². The predicted octanol–water partition coefficient (Wildman–Crippen LogP) is 5.16. The van der Waals surface area contributed by atoms with Gasteiger partial charge in [-0.3, -0.25) is 0 Å². The summed E-state index contributed by atoms with van der Waals surface area (Å²) >= 11 is 0. The van der Waals surface area contributed by atoms with Crippen LogP contribution in [0.25, 0.3) is 32.7 Å². The Hall–Kier alpha value is -2.64. The molecule has 0 aliphatic rings. The molecule has 0 heterocycles. The molecule has 4 aromatic carbocycles. The van der Waals surface area contributed by atoms with Crippen molar-refractivity contribution in [3.05, 3.63) is 84.4 Å². The maximum absolute atomic E-state index is 5.86. The third kappa shape index (κ3) is 2.39. The zero-order valence-corrected chi connectivity index (χ0v) is 13.0. The summed E-state index contributed by atoms with van der Waals surface area (Å²) in [6.45, 7) is 0.663. The monoisotopic (exact) mass is 297 g/mol. The van der Waals surface area contributed by atoms with Gasteiger partial charge in [0.25, 0.3) is 0 Å². The lowest BCUT2D eigenvalue weighted by Gasteiger charge is -2.15. The van der Waals surface area contributed by atoms with Crippen LogP contribution in [0.4, 0.5) is 0 Å². The van der Waals surface area contributed by atoms with E-state index in [0.717, 1.165) is 6.42 Å². The molecule has 0 amide bonds. The molecule has 0 bridgehead atoms. The maximum atomic E-state index is 5.86. The highest BCUT2D eigenvalue weighted by atomic mass is 14.5. The van der Waals surface area contributed by atoms with Gasteiger partial charge in [0.2, 0.25) is 0 Å². The molecule has 23 heavy (non-hydrogen) atoms. The molecule has 0 atom stereocenters. The normalized spacial score (nSPS) is 11.2. The van der Waals surface area contributed by atoms with Crippen molar-refractivity contribution >= 4 is 21.5 Å². The minimum atomic E-state index is 0.663. The molecule has 0 aliphatic heterocycles. The van der Waals surface area contributed by atoms with E-state index < -0.39 is 0 Å². The lowest BCUT2D eigenvalue weighted by Crippen LogP contribution is -2.04. The Kier molecular flexibility index (Phi) is 3.57. The van der Waals surface area contributed by atoms with Crippen molar-refractivity contribution in [2.45, 2.75) is 6.42 Å². The Morgan fingerprint density at radius 3 is 2.04 bits per heavy atom. The molecule has 1 heteroatoms. The van der Waals surface area contributed by atoms with E-state index in [1.54, 1.807) is 0 Å². The first-order chi connectivity index (χ1) is 11.4. The van der Waals surface area contributed by atoms with Crippen LogP contribution in [0, 0.1) is 0 Å². The minimum Gasteiger partial charge on any atom is -0.330 e. The van der Waals surface area contributed by atoms with Crippen LogP contribution in [0.5, 0.6) is 0 Å². The van der Waals surface area contributed by atoms with E-state index in [0.29, 0.717) is 6.54 Å². The lowest BCUT2D eigenvalue weighted by molar-refractivity contribution is 0.973. The van der Waals surface area contributed by atoms with Gasteiger partial charge in [0.1, 0.15) is 0 Å². The highest BCUT2D eigenvalue weighted by molar-refractivity contribution is 6.06. The summed E-state index contributed by atoms with van der Waals surface area (Å²) in [5.41, 5.74) is 9.81. The van der Waals surface area contributed by atoms with Crippen molar-refractivity contribution in [1.82, 2.24) is 0 Å². The maximum Gasteiger partial charge on any atom is -0.00365 e. The molecule has 0 aromatic heterocycles. The van der Waals surface area contributed by atoms with Crippen LogP contribution in [0.2, 0.25) is 0 Å². The van der Waals surface area contributed by atoms with Crippen LogP contribution in [0.15, 0.2) is 78.9 Å². The van der Waals surface area contributed by atoms with Crippen LogP contribution in [-0.2, 0) is 6.42 Å². The standard InChI is InChI=1S/C22H19N/c23-15-14-18-13-12-17-7-2-4-10-20(17)22(18)21-11-5-8-16-6-1-3-9-19(16)21/h1-13H,14-15,23H2. The summed E-state index contributed by atoms with van der Waals surface area (Å²) in [6.07, 6.45) is 0.892. The number of hydrogen-bond acceptors (Lipinski definition) is 1. The molecular formula is C22H19N. The van der Waals surface area contributed by atoms with E-state index in [-0.39, 0.29) is 0 Å². The summed E-state index contributed by atoms with van der Waals surface area (Å²) in [5.74, 6) is 0. The van der Waals surface area contributed by atoms with Gasteiger partial charge in [-0.2, -0.15) is 0 Å². The Bertz CT molecular complexity index is 980. The third-order valence-electron chi connectivity index (χ3n) is 4.49. The zero-order valence-electron chi connectivity index (χ0n) is 13.0. The number of benzene rings is 4. The van der Waals surface area contributed by atoms with Crippen LogP contribution >= 0.6 is 0 Å². The molecule has 0 aliphatic carbocycles. The Morgan fingerprint density at radius 1 is 0.609 bits per heavy atom. The highest BCUT2D eigenvalue weighted by Gasteiger charge is 2.12. The largest absolute Gasteiger partial charge is 0.330 e. The van der Waals surface area contributed by atoms with Gasteiger partial charge in [0.05, 0.1) is 0 Å². The number of nitrogens with two attached hydrogens (primary N) is 1. The fourth-order valence-corrected chi connectivity index (χ4v) is 3.44. The van der Waals surface area contributed by atoms with Crippen LogP contribution in [-0.4, -0.2) is 6.54 Å². The summed E-state index contributed by atoms with van der Waals surface area (Å²) < 4.78 is 0. The molecule has 4 rings (SSSR count). The quantitative estimate of drug-likeness (QED) is 0.555. The Labute approximate surface area is 136 Å². The lowest BCUT2D eigenvalue weighted by atomic mass is 9.89. The van der Waals surface area contributed by atoms with E-state index in [1.165, 1.54) is 38.2 Å². The number of fused-ring (bicyclic) bond motifs is 2. The highest BCUT2D eigenvalue weighted by Crippen LogP contribution is 2.36. The van der Waals surface area contributed by atoms with Gasteiger partial charge in [-0.25, -0.2) is 0 Å². The van der Waals surface area contributed by atoms with Crippen LogP contribution < -0.4 is 5.73 Å². The molecule has 112 valence electrons. The van der Waals surface area contributed by atoms with E-state index in [1.807, 2.05) is 0 Å². The topological polar surface area (TPSA) is 26.0 Å². The van der Waals surface area contributed by atoms with Crippen molar-refractivity contribution in [3.8, 4) is 11.1 Å². The van der Waals surface area contributed by atoms with Gasteiger partial charge in [-0.05, 0) is 51.2 Å². The summed E-state index contributed by atoms with van der Waals surface area (Å²) in [7, 11) is 0. The first kappa shape index (κ1) is 14.0. The molecule has 0 saturated heterocycles. The second kappa shape index (κ2) is 5.86. The second-order valence-electron chi connectivity index (χ2n) is 5.89. The minimum absolute atomic E-state index is 0.663. The van der Waals surface area contributed by atoms with Crippen molar-refractivity contribution in [1.29, 1.82) is 0 Å². The molecule has 0 spiro atoms. The molecule has 2 N–H and O–H groups in total. The average molecular weight is 297 g/mol. The molecule has 0 unspecified atom stereocenters. The third-order valence-corrected chi connectivity index (χ3v) is 4.49. The zero-order chi connectivity index (χ0) is 15.6. The molecule has 0 radical (unpaired) electrons. The van der Waals surface area contributed by atoms with Gasteiger partial charge in [-0.15, -0.1) is 0 Å². The predicted molar refractivity (Wildman–Crippen MR) is 99.6 cm³/mol.